The number of hydrogen-bond donors (Lipinski definition) is 1. The Kier molecular flexibility index (Phi) is 4.78. The van der Waals surface area contributed by atoms with E-state index in [4.69, 9.17) is 8.94 Å². The van der Waals surface area contributed by atoms with Crippen molar-refractivity contribution in [1.29, 1.82) is 0 Å². The van der Waals surface area contributed by atoms with Crippen LogP contribution in [0.2, 0.25) is 0 Å². The van der Waals surface area contributed by atoms with Crippen LogP contribution in [0.5, 0.6) is 0 Å². The average molecular weight is 332 g/mol. The Bertz CT molecular complexity index is 701. The fourth-order valence-electron chi connectivity index (χ4n) is 2.58. The second-order valence-electron chi connectivity index (χ2n) is 5.39. The first-order valence-corrected chi connectivity index (χ1v) is 7.75. The molecule has 1 fully saturated rings. The monoisotopic (exact) mass is 332 g/mol. The number of nitrogens with one attached hydrogen (secondary N) is 1. The van der Waals surface area contributed by atoms with Gasteiger partial charge < -0.3 is 24.1 Å². The number of hydrogen-bond acceptors (Lipinski definition) is 6. The van der Waals surface area contributed by atoms with Gasteiger partial charge in [-0.3, -0.25) is 9.79 Å². The zero-order valence-corrected chi connectivity index (χ0v) is 13.7. The molecular formula is C15H20N6O3. The summed E-state index contributed by atoms with van der Waals surface area (Å²) < 4.78 is 10.1. The fourth-order valence-corrected chi connectivity index (χ4v) is 2.58. The van der Waals surface area contributed by atoms with Gasteiger partial charge >= 0.3 is 0 Å². The number of carbonyl (C=O) groups is 1. The van der Waals surface area contributed by atoms with Gasteiger partial charge in [-0.25, -0.2) is 0 Å². The summed E-state index contributed by atoms with van der Waals surface area (Å²) in [5, 5.41) is 7.05. The van der Waals surface area contributed by atoms with E-state index in [1.165, 1.54) is 6.26 Å². The van der Waals surface area contributed by atoms with Gasteiger partial charge in [0.05, 0.1) is 12.8 Å². The van der Waals surface area contributed by atoms with E-state index >= 15 is 0 Å². The van der Waals surface area contributed by atoms with Crippen LogP contribution in [0.1, 0.15) is 22.3 Å². The molecule has 0 aromatic carbocycles. The maximum Gasteiger partial charge on any atom is 0.289 e. The molecule has 0 bridgehead atoms. The predicted octanol–water partition coefficient (Wildman–Crippen LogP) is 0.504. The summed E-state index contributed by atoms with van der Waals surface area (Å²) in [6.45, 7) is 4.80. The van der Waals surface area contributed by atoms with E-state index in [0.717, 1.165) is 5.96 Å². The minimum atomic E-state index is -0.0788. The minimum absolute atomic E-state index is 0.0788. The zero-order chi connectivity index (χ0) is 16.9. The van der Waals surface area contributed by atoms with Gasteiger partial charge in [-0.1, -0.05) is 5.16 Å². The van der Waals surface area contributed by atoms with Gasteiger partial charge in [-0.2, -0.15) is 4.98 Å². The molecule has 2 aromatic heterocycles. The van der Waals surface area contributed by atoms with Crippen LogP contribution in [0.25, 0.3) is 0 Å². The second kappa shape index (κ2) is 7.16. The van der Waals surface area contributed by atoms with Crippen LogP contribution < -0.4 is 5.32 Å². The standard InChI is InChI=1S/C15H20N6O3/c1-11-18-13(19-24-11)10-17-15(16-2)21-7-5-20(6-8-21)14(22)12-4-3-9-23-12/h3-4,9H,5-8,10H2,1-2H3,(H,16,17). The van der Waals surface area contributed by atoms with E-state index in [0.29, 0.717) is 50.2 Å². The van der Waals surface area contributed by atoms with Gasteiger partial charge in [0.2, 0.25) is 5.89 Å². The Morgan fingerprint density at radius 2 is 2.08 bits per heavy atom. The number of furan rings is 1. The van der Waals surface area contributed by atoms with Gasteiger partial charge in [0.15, 0.2) is 17.5 Å². The van der Waals surface area contributed by atoms with Crippen molar-refractivity contribution in [2.45, 2.75) is 13.5 Å². The maximum absolute atomic E-state index is 12.3. The number of amides is 1. The number of aliphatic imine (C=N–C) groups is 1. The number of nitrogens with zero attached hydrogens (tertiary/aromatic N) is 5. The molecule has 0 saturated carbocycles. The molecule has 0 radical (unpaired) electrons. The summed E-state index contributed by atoms with van der Waals surface area (Å²) in [5.41, 5.74) is 0. The van der Waals surface area contributed by atoms with E-state index in [1.807, 2.05) is 0 Å². The summed E-state index contributed by atoms with van der Waals surface area (Å²) in [7, 11) is 1.73. The quantitative estimate of drug-likeness (QED) is 0.645. The highest BCUT2D eigenvalue weighted by Crippen LogP contribution is 2.09. The van der Waals surface area contributed by atoms with Gasteiger partial charge in [0, 0.05) is 40.2 Å². The topological polar surface area (TPSA) is 100 Å². The molecule has 1 aliphatic heterocycles. The maximum atomic E-state index is 12.3. The third-order valence-corrected chi connectivity index (χ3v) is 3.78. The SMILES string of the molecule is CN=C(NCc1noc(C)n1)N1CCN(C(=O)c2ccco2)CC1. The molecule has 9 heteroatoms. The van der Waals surface area contributed by atoms with Crippen LogP contribution in [0.3, 0.4) is 0 Å². The molecule has 1 amide bonds. The van der Waals surface area contributed by atoms with Crippen molar-refractivity contribution in [2.24, 2.45) is 4.99 Å². The summed E-state index contributed by atoms with van der Waals surface area (Å²) in [4.78, 5) is 24.6. The molecule has 128 valence electrons. The molecule has 2 aromatic rings. The van der Waals surface area contributed by atoms with Gasteiger partial charge in [0.1, 0.15) is 0 Å². The molecule has 0 unspecified atom stereocenters. The van der Waals surface area contributed by atoms with Gasteiger partial charge in [-0.05, 0) is 12.1 Å². The molecule has 1 N–H and O–H groups in total. The van der Waals surface area contributed by atoms with E-state index < -0.39 is 0 Å². The van der Waals surface area contributed by atoms with Gasteiger partial charge in [-0.15, -0.1) is 0 Å². The van der Waals surface area contributed by atoms with E-state index in [-0.39, 0.29) is 5.91 Å². The van der Waals surface area contributed by atoms with Crippen LogP contribution in [-0.4, -0.2) is 65.0 Å². The van der Waals surface area contributed by atoms with Crippen molar-refractivity contribution >= 4 is 11.9 Å². The summed E-state index contributed by atoms with van der Waals surface area (Å²) in [6, 6.07) is 3.40. The van der Waals surface area contributed by atoms with Crippen molar-refractivity contribution < 1.29 is 13.7 Å². The average Bonchev–Trinajstić information content (AvgIpc) is 3.27. The molecule has 9 nitrogen and oxygen atoms in total. The number of carbonyl (C=O) groups excluding carboxylic acids is 1. The van der Waals surface area contributed by atoms with E-state index in [1.54, 1.807) is 31.0 Å². The lowest BCUT2D eigenvalue weighted by molar-refractivity contribution is 0.0657. The van der Waals surface area contributed by atoms with E-state index in [2.05, 4.69) is 25.3 Å². The Hall–Kier alpha value is -2.84. The summed E-state index contributed by atoms with van der Waals surface area (Å²) in [6.07, 6.45) is 1.51. The highest BCUT2D eigenvalue weighted by molar-refractivity contribution is 5.91. The normalized spacial score (nSPS) is 15.7. The molecular weight excluding hydrogens is 312 g/mol. The number of rotatable bonds is 3. The summed E-state index contributed by atoms with van der Waals surface area (Å²) >= 11 is 0. The largest absolute Gasteiger partial charge is 0.459 e. The minimum Gasteiger partial charge on any atom is -0.459 e. The van der Waals surface area contributed by atoms with Crippen molar-refractivity contribution in [3.8, 4) is 0 Å². The molecule has 1 saturated heterocycles. The first kappa shape index (κ1) is 16.0. The molecule has 1 aliphatic rings. The first-order chi connectivity index (χ1) is 11.7. The Balaban J connectivity index is 1.52. The molecule has 24 heavy (non-hydrogen) atoms. The zero-order valence-electron chi connectivity index (χ0n) is 13.7. The Morgan fingerprint density at radius 3 is 2.67 bits per heavy atom. The van der Waals surface area contributed by atoms with Crippen LogP contribution in [-0.2, 0) is 6.54 Å². The highest BCUT2D eigenvalue weighted by Gasteiger charge is 2.25. The van der Waals surface area contributed by atoms with Crippen LogP contribution in [0.4, 0.5) is 0 Å². The van der Waals surface area contributed by atoms with Crippen molar-refractivity contribution in [3.05, 3.63) is 35.9 Å². The van der Waals surface area contributed by atoms with Crippen molar-refractivity contribution in [1.82, 2.24) is 25.3 Å². The van der Waals surface area contributed by atoms with Crippen molar-refractivity contribution in [3.63, 3.8) is 0 Å². The molecule has 0 spiro atoms. The summed E-state index contributed by atoms with van der Waals surface area (Å²) in [5.74, 6) is 2.16. The third kappa shape index (κ3) is 3.55. The lowest BCUT2D eigenvalue weighted by Gasteiger charge is -2.36. The van der Waals surface area contributed by atoms with E-state index in [9.17, 15) is 4.79 Å². The van der Waals surface area contributed by atoms with Gasteiger partial charge in [0.25, 0.3) is 5.91 Å². The van der Waals surface area contributed by atoms with Crippen molar-refractivity contribution in [2.75, 3.05) is 33.2 Å². The Morgan fingerprint density at radius 1 is 1.33 bits per heavy atom. The lowest BCUT2D eigenvalue weighted by atomic mass is 10.3. The Labute approximate surface area is 139 Å². The second-order valence-corrected chi connectivity index (χ2v) is 5.39. The third-order valence-electron chi connectivity index (χ3n) is 3.78. The molecule has 3 rings (SSSR count). The molecule has 0 aliphatic carbocycles. The number of guanidine groups is 1. The molecule has 3 heterocycles. The first-order valence-electron chi connectivity index (χ1n) is 7.75. The fraction of sp³-hybridized carbons (Fsp3) is 0.467. The number of aryl methyl sites for hydroxylation is 1. The lowest BCUT2D eigenvalue weighted by Crippen LogP contribution is -2.53. The smallest absolute Gasteiger partial charge is 0.289 e. The molecule has 0 atom stereocenters. The van der Waals surface area contributed by atoms with Crippen LogP contribution in [0, 0.1) is 6.92 Å². The number of aromatic nitrogens is 2. The predicted molar refractivity (Wildman–Crippen MR) is 85.4 cm³/mol. The van der Waals surface area contributed by atoms with Crippen LogP contribution >= 0.6 is 0 Å². The number of piperazine rings is 1. The highest BCUT2D eigenvalue weighted by atomic mass is 16.5. The van der Waals surface area contributed by atoms with Crippen LogP contribution in [0.15, 0.2) is 32.3 Å².